The number of aliphatic hydroxyl groups is 1. The molecule has 0 bridgehead atoms. The maximum absolute atomic E-state index is 12.4. The average molecular weight is 493 g/mol. The maximum Gasteiger partial charge on any atom is 0.211 e. The van der Waals surface area contributed by atoms with E-state index in [0.717, 1.165) is 39.2 Å². The van der Waals surface area contributed by atoms with Crippen molar-refractivity contribution >= 4 is 27.2 Å². The first kappa shape index (κ1) is 25.1. The number of carbonyl (C=O) groups is 1. The Bertz CT molecular complexity index is 1330. The number of anilines is 2. The van der Waals surface area contributed by atoms with Gasteiger partial charge in [-0.1, -0.05) is 42.5 Å². The zero-order valence-corrected chi connectivity index (χ0v) is 21.2. The highest BCUT2D eigenvalue weighted by molar-refractivity contribution is 7.88. The van der Waals surface area contributed by atoms with E-state index in [2.05, 4.69) is 24.4 Å². The molecule has 35 heavy (non-hydrogen) atoms. The van der Waals surface area contributed by atoms with Crippen LogP contribution in [-0.4, -0.2) is 42.5 Å². The van der Waals surface area contributed by atoms with Crippen molar-refractivity contribution < 1.29 is 18.3 Å². The molecule has 1 aliphatic heterocycles. The lowest BCUT2D eigenvalue weighted by Crippen LogP contribution is -2.35. The number of fused-ring (bicyclic) bond motifs is 1. The number of aryl methyl sites for hydroxylation is 1. The molecular weight excluding hydrogens is 460 g/mol. The molecule has 1 unspecified atom stereocenters. The Morgan fingerprint density at radius 1 is 1.11 bits per heavy atom. The van der Waals surface area contributed by atoms with Gasteiger partial charge in [0.15, 0.2) is 5.78 Å². The third-order valence-electron chi connectivity index (χ3n) is 6.52. The zero-order chi connectivity index (χ0) is 25.2. The van der Waals surface area contributed by atoms with E-state index >= 15 is 0 Å². The lowest BCUT2D eigenvalue weighted by atomic mass is 9.96. The molecular formula is C28H32N2O4S. The molecule has 7 heteroatoms. The van der Waals surface area contributed by atoms with Crippen LogP contribution in [0.4, 0.5) is 11.4 Å². The molecule has 1 heterocycles. The second-order valence-electron chi connectivity index (χ2n) is 9.33. The van der Waals surface area contributed by atoms with E-state index in [0.29, 0.717) is 37.9 Å². The lowest BCUT2D eigenvalue weighted by Gasteiger charge is -2.28. The molecule has 0 saturated carbocycles. The second kappa shape index (κ2) is 10.3. The SMILES string of the molecule is Cc1ccc(Nc2cccc3c2CCN(S(C)(=O)=O)C3)cc1-c1ccc(C(=O)CCC(C)O)cc1. The predicted octanol–water partition coefficient (Wildman–Crippen LogP) is 5.07. The highest BCUT2D eigenvalue weighted by Gasteiger charge is 2.24. The van der Waals surface area contributed by atoms with Crippen molar-refractivity contribution in [3.63, 3.8) is 0 Å². The van der Waals surface area contributed by atoms with Gasteiger partial charge in [0, 0.05) is 36.4 Å². The van der Waals surface area contributed by atoms with Crippen LogP contribution >= 0.6 is 0 Å². The summed E-state index contributed by atoms with van der Waals surface area (Å²) in [5.41, 5.74) is 7.99. The molecule has 0 spiro atoms. The Morgan fingerprint density at radius 2 is 1.86 bits per heavy atom. The summed E-state index contributed by atoms with van der Waals surface area (Å²) in [4.78, 5) is 12.4. The van der Waals surface area contributed by atoms with E-state index in [1.54, 1.807) is 6.92 Å². The molecule has 0 amide bonds. The number of benzene rings is 3. The van der Waals surface area contributed by atoms with Crippen molar-refractivity contribution in [2.75, 3.05) is 18.1 Å². The maximum atomic E-state index is 12.4. The highest BCUT2D eigenvalue weighted by Crippen LogP contribution is 2.32. The fourth-order valence-corrected chi connectivity index (χ4v) is 5.27. The zero-order valence-electron chi connectivity index (χ0n) is 20.4. The van der Waals surface area contributed by atoms with Gasteiger partial charge < -0.3 is 10.4 Å². The summed E-state index contributed by atoms with van der Waals surface area (Å²) in [7, 11) is -3.22. The molecule has 1 atom stereocenters. The Labute approximate surface area is 207 Å². The number of nitrogens with one attached hydrogen (secondary N) is 1. The number of nitrogens with zero attached hydrogens (tertiary/aromatic N) is 1. The Hall–Kier alpha value is -3.00. The van der Waals surface area contributed by atoms with Gasteiger partial charge in [-0.2, -0.15) is 4.31 Å². The van der Waals surface area contributed by atoms with Crippen molar-refractivity contribution in [1.29, 1.82) is 0 Å². The Morgan fingerprint density at radius 3 is 2.54 bits per heavy atom. The van der Waals surface area contributed by atoms with Crippen molar-refractivity contribution in [2.45, 2.75) is 45.8 Å². The number of sulfonamides is 1. The summed E-state index contributed by atoms with van der Waals surface area (Å²) in [5.74, 6) is 0.0351. The summed E-state index contributed by atoms with van der Waals surface area (Å²) in [6.07, 6.45) is 2.23. The van der Waals surface area contributed by atoms with E-state index in [1.165, 1.54) is 10.6 Å². The van der Waals surface area contributed by atoms with Gasteiger partial charge in [0.1, 0.15) is 0 Å². The van der Waals surface area contributed by atoms with Crippen molar-refractivity contribution in [2.24, 2.45) is 0 Å². The molecule has 184 valence electrons. The van der Waals surface area contributed by atoms with E-state index in [4.69, 9.17) is 0 Å². The van der Waals surface area contributed by atoms with Crippen LogP contribution in [-0.2, 0) is 23.0 Å². The molecule has 2 N–H and O–H groups in total. The van der Waals surface area contributed by atoms with Crippen LogP contribution < -0.4 is 5.32 Å². The average Bonchev–Trinajstić information content (AvgIpc) is 2.83. The number of hydrogen-bond donors (Lipinski definition) is 2. The number of aliphatic hydroxyl groups excluding tert-OH is 1. The highest BCUT2D eigenvalue weighted by atomic mass is 32.2. The van der Waals surface area contributed by atoms with Gasteiger partial charge in [-0.25, -0.2) is 8.42 Å². The molecule has 0 radical (unpaired) electrons. The number of rotatable bonds is 8. The first-order chi connectivity index (χ1) is 16.6. The van der Waals surface area contributed by atoms with Crippen LogP contribution in [0.1, 0.15) is 46.8 Å². The quantitative estimate of drug-likeness (QED) is 0.429. The molecule has 0 fully saturated rings. The molecule has 3 aromatic carbocycles. The van der Waals surface area contributed by atoms with Gasteiger partial charge in [0.05, 0.1) is 12.4 Å². The largest absolute Gasteiger partial charge is 0.393 e. The number of hydrogen-bond acceptors (Lipinski definition) is 5. The minimum Gasteiger partial charge on any atom is -0.393 e. The van der Waals surface area contributed by atoms with Gasteiger partial charge in [-0.15, -0.1) is 0 Å². The molecule has 3 aromatic rings. The third kappa shape index (κ3) is 5.99. The van der Waals surface area contributed by atoms with Gasteiger partial charge in [-0.3, -0.25) is 4.79 Å². The summed E-state index contributed by atoms with van der Waals surface area (Å²) in [5, 5.41) is 13.0. The van der Waals surface area contributed by atoms with Gasteiger partial charge in [0.2, 0.25) is 10.0 Å². The monoisotopic (exact) mass is 492 g/mol. The van der Waals surface area contributed by atoms with Crippen LogP contribution in [0.15, 0.2) is 60.7 Å². The van der Waals surface area contributed by atoms with E-state index in [9.17, 15) is 18.3 Å². The van der Waals surface area contributed by atoms with Crippen LogP contribution in [0.2, 0.25) is 0 Å². The van der Waals surface area contributed by atoms with E-state index in [-0.39, 0.29) is 5.78 Å². The van der Waals surface area contributed by atoms with Crippen LogP contribution in [0.5, 0.6) is 0 Å². The van der Waals surface area contributed by atoms with Crippen molar-refractivity contribution in [3.05, 3.63) is 82.9 Å². The Kier molecular flexibility index (Phi) is 7.40. The minimum atomic E-state index is -3.22. The fraction of sp³-hybridized carbons (Fsp3) is 0.321. The molecule has 0 aromatic heterocycles. The predicted molar refractivity (Wildman–Crippen MR) is 141 cm³/mol. The van der Waals surface area contributed by atoms with Gasteiger partial charge in [0.25, 0.3) is 0 Å². The number of ketones is 1. The molecule has 1 aliphatic rings. The summed E-state index contributed by atoms with van der Waals surface area (Å²) in [6.45, 7) is 4.62. The first-order valence-electron chi connectivity index (χ1n) is 11.9. The summed E-state index contributed by atoms with van der Waals surface area (Å²) < 4.78 is 25.5. The van der Waals surface area contributed by atoms with Gasteiger partial charge in [-0.05, 0) is 72.7 Å². The second-order valence-corrected chi connectivity index (χ2v) is 11.3. The van der Waals surface area contributed by atoms with Crippen molar-refractivity contribution in [1.82, 2.24) is 4.31 Å². The van der Waals surface area contributed by atoms with E-state index in [1.807, 2.05) is 48.5 Å². The smallest absolute Gasteiger partial charge is 0.211 e. The lowest BCUT2D eigenvalue weighted by molar-refractivity contribution is 0.0949. The first-order valence-corrected chi connectivity index (χ1v) is 13.7. The van der Waals surface area contributed by atoms with Gasteiger partial charge >= 0.3 is 0 Å². The molecule has 4 rings (SSSR count). The topological polar surface area (TPSA) is 86.7 Å². The molecule has 0 aliphatic carbocycles. The normalized spacial score (nSPS) is 14.9. The summed E-state index contributed by atoms with van der Waals surface area (Å²) >= 11 is 0. The third-order valence-corrected chi connectivity index (χ3v) is 7.77. The van der Waals surface area contributed by atoms with Crippen LogP contribution in [0.25, 0.3) is 11.1 Å². The van der Waals surface area contributed by atoms with Crippen LogP contribution in [0, 0.1) is 6.92 Å². The summed E-state index contributed by atoms with van der Waals surface area (Å²) in [6, 6.07) is 19.8. The van der Waals surface area contributed by atoms with Crippen molar-refractivity contribution in [3.8, 4) is 11.1 Å². The van der Waals surface area contributed by atoms with E-state index < -0.39 is 16.1 Å². The Balaban J connectivity index is 1.55. The fourth-order valence-electron chi connectivity index (χ4n) is 4.47. The molecule has 6 nitrogen and oxygen atoms in total. The standard InChI is InChI=1S/C28H32N2O4S/c1-19-7-13-24(17-26(19)21-9-11-22(12-10-21)28(32)14-8-20(2)31)29-27-6-4-5-23-18-30(35(3,33)34)16-15-25(23)27/h4-7,9-13,17,20,29,31H,8,14-16,18H2,1-3H3. The molecule has 0 saturated heterocycles. The number of carbonyl (C=O) groups excluding carboxylic acids is 1. The minimum absolute atomic E-state index is 0.0351. The number of Topliss-reactive ketones (excluding diaryl/α,β-unsaturated/α-hetero) is 1. The van der Waals surface area contributed by atoms with Crippen LogP contribution in [0.3, 0.4) is 0 Å².